The van der Waals surface area contributed by atoms with Crippen LogP contribution in [0.4, 0.5) is 0 Å². The van der Waals surface area contributed by atoms with Gasteiger partial charge < -0.3 is 19.3 Å². The lowest BCUT2D eigenvalue weighted by atomic mass is 9.87. The molecule has 1 spiro atoms. The first-order valence-corrected chi connectivity index (χ1v) is 8.65. The van der Waals surface area contributed by atoms with Crippen molar-refractivity contribution in [2.24, 2.45) is 0 Å². The van der Waals surface area contributed by atoms with E-state index in [0.717, 1.165) is 25.1 Å². The number of rotatable bonds is 0. The van der Waals surface area contributed by atoms with Gasteiger partial charge in [-0.05, 0) is 31.4 Å². The van der Waals surface area contributed by atoms with Gasteiger partial charge in [-0.2, -0.15) is 0 Å². The lowest BCUT2D eigenvalue weighted by molar-refractivity contribution is -0.162. The number of aliphatic hydroxyl groups is 1. The van der Waals surface area contributed by atoms with Gasteiger partial charge >= 0.3 is 11.9 Å². The Morgan fingerprint density at radius 2 is 2.08 bits per heavy atom. The summed E-state index contributed by atoms with van der Waals surface area (Å²) in [4.78, 5) is 27.4. The molecule has 3 saturated heterocycles. The maximum absolute atomic E-state index is 12.8. The number of hydrogen-bond donors (Lipinski definition) is 1. The molecule has 0 radical (unpaired) electrons. The van der Waals surface area contributed by atoms with Crippen LogP contribution >= 0.6 is 0 Å². The van der Waals surface area contributed by atoms with Crippen LogP contribution in [0.2, 0.25) is 0 Å². The molecule has 5 atom stereocenters. The van der Waals surface area contributed by atoms with E-state index in [-0.39, 0.29) is 36.9 Å². The molecule has 25 heavy (non-hydrogen) atoms. The van der Waals surface area contributed by atoms with E-state index >= 15 is 0 Å². The quantitative estimate of drug-likeness (QED) is 0.383. The number of carbonyl (C=O) groups is 2. The monoisotopic (exact) mass is 349 g/mol. The molecule has 4 aliphatic heterocycles. The van der Waals surface area contributed by atoms with Crippen molar-refractivity contribution in [3.8, 4) is 0 Å². The SMILES string of the molecule is C=C1CC2(OC2C)C(=O)OC2CCN3CC=C(COC(=O)C1(C)O)C23. The van der Waals surface area contributed by atoms with E-state index in [4.69, 9.17) is 14.2 Å². The molecule has 3 fully saturated rings. The predicted octanol–water partition coefficient (Wildman–Crippen LogP) is 0.324. The third kappa shape index (κ3) is 2.45. The Hall–Kier alpha value is -1.70. The highest BCUT2D eigenvalue weighted by Gasteiger charge is 2.63. The minimum absolute atomic E-state index is 0.0267. The number of ether oxygens (including phenoxy) is 3. The van der Waals surface area contributed by atoms with Gasteiger partial charge in [0.05, 0.1) is 12.1 Å². The van der Waals surface area contributed by atoms with Crippen molar-refractivity contribution in [1.82, 2.24) is 4.90 Å². The van der Waals surface area contributed by atoms with Gasteiger partial charge in [0, 0.05) is 19.5 Å². The number of hydrogen-bond acceptors (Lipinski definition) is 7. The summed E-state index contributed by atoms with van der Waals surface area (Å²) in [5, 5.41) is 10.6. The van der Waals surface area contributed by atoms with E-state index in [1.165, 1.54) is 6.92 Å². The maximum Gasteiger partial charge on any atom is 0.342 e. The van der Waals surface area contributed by atoms with E-state index in [2.05, 4.69) is 11.5 Å². The van der Waals surface area contributed by atoms with Gasteiger partial charge in [-0.1, -0.05) is 12.7 Å². The number of esters is 2. The highest BCUT2D eigenvalue weighted by molar-refractivity contribution is 5.86. The molecule has 136 valence electrons. The normalized spacial score (nSPS) is 44.5. The molecule has 4 rings (SSSR count). The van der Waals surface area contributed by atoms with Gasteiger partial charge in [-0.3, -0.25) is 4.90 Å². The van der Waals surface area contributed by atoms with E-state index < -0.39 is 23.1 Å². The number of cyclic esters (lactones) is 1. The van der Waals surface area contributed by atoms with Crippen LogP contribution < -0.4 is 0 Å². The van der Waals surface area contributed by atoms with Crippen molar-refractivity contribution in [1.29, 1.82) is 0 Å². The zero-order valence-corrected chi connectivity index (χ0v) is 14.5. The summed E-state index contributed by atoms with van der Waals surface area (Å²) in [6, 6.07) is -0.0737. The van der Waals surface area contributed by atoms with E-state index in [1.807, 2.05) is 6.08 Å². The molecular weight excluding hydrogens is 326 g/mol. The first-order chi connectivity index (χ1) is 11.8. The Bertz CT molecular complexity index is 683. The average Bonchev–Trinajstić information content (AvgIpc) is 2.91. The summed E-state index contributed by atoms with van der Waals surface area (Å²) in [5.74, 6) is -1.20. The van der Waals surface area contributed by atoms with Crippen molar-refractivity contribution in [3.63, 3.8) is 0 Å². The Balaban J connectivity index is 1.67. The molecule has 0 aromatic rings. The Morgan fingerprint density at radius 1 is 1.36 bits per heavy atom. The van der Waals surface area contributed by atoms with Gasteiger partial charge in [-0.25, -0.2) is 9.59 Å². The fourth-order valence-corrected chi connectivity index (χ4v) is 4.04. The minimum Gasteiger partial charge on any atom is -0.459 e. The Kier molecular flexibility index (Phi) is 3.62. The van der Waals surface area contributed by atoms with Crippen molar-refractivity contribution >= 4 is 11.9 Å². The zero-order chi connectivity index (χ0) is 18.0. The van der Waals surface area contributed by atoms with E-state index in [9.17, 15) is 14.7 Å². The summed E-state index contributed by atoms with van der Waals surface area (Å²) in [7, 11) is 0. The Labute approximate surface area is 146 Å². The molecular formula is C18H23NO6. The van der Waals surface area contributed by atoms with Crippen LogP contribution in [-0.4, -0.2) is 71.1 Å². The summed E-state index contributed by atoms with van der Waals surface area (Å²) in [6.45, 7) is 8.56. The summed E-state index contributed by atoms with van der Waals surface area (Å²) < 4.78 is 16.7. The van der Waals surface area contributed by atoms with Crippen molar-refractivity contribution in [2.75, 3.05) is 19.7 Å². The standard InChI is InChI=1S/C18H23NO6/c1-10-8-18(11(2)25-18)16(21)24-13-5-7-19-6-4-12(14(13)19)9-23-15(20)17(10,3)22/h4,11,13-14,22H,1,5-9H2,2-3H3. The molecule has 4 heterocycles. The maximum atomic E-state index is 12.8. The highest BCUT2D eigenvalue weighted by Crippen LogP contribution is 2.46. The van der Waals surface area contributed by atoms with E-state index in [0.29, 0.717) is 0 Å². The number of carbonyl (C=O) groups excluding carboxylic acids is 2. The topological polar surface area (TPSA) is 88.6 Å². The zero-order valence-electron chi connectivity index (χ0n) is 14.5. The molecule has 0 bridgehead atoms. The van der Waals surface area contributed by atoms with Crippen LogP contribution in [0.5, 0.6) is 0 Å². The van der Waals surface area contributed by atoms with Crippen LogP contribution in [0.15, 0.2) is 23.8 Å². The van der Waals surface area contributed by atoms with Crippen molar-refractivity contribution in [3.05, 3.63) is 23.8 Å². The average molecular weight is 349 g/mol. The van der Waals surface area contributed by atoms with Crippen molar-refractivity contribution in [2.45, 2.75) is 56.1 Å². The fourth-order valence-electron chi connectivity index (χ4n) is 4.04. The smallest absolute Gasteiger partial charge is 0.342 e. The molecule has 7 nitrogen and oxygen atoms in total. The summed E-state index contributed by atoms with van der Waals surface area (Å²) in [5.41, 5.74) is -1.96. The highest BCUT2D eigenvalue weighted by atomic mass is 16.7. The van der Waals surface area contributed by atoms with Crippen LogP contribution in [0.3, 0.4) is 0 Å². The van der Waals surface area contributed by atoms with Crippen LogP contribution in [0.1, 0.15) is 26.7 Å². The third-order valence-electron chi connectivity index (χ3n) is 5.94. The van der Waals surface area contributed by atoms with Gasteiger partial charge in [0.1, 0.15) is 12.7 Å². The molecule has 0 amide bonds. The van der Waals surface area contributed by atoms with Crippen molar-refractivity contribution < 1.29 is 28.9 Å². The lowest BCUT2D eigenvalue weighted by Gasteiger charge is -2.30. The fraction of sp³-hybridized carbons (Fsp3) is 0.667. The second-order valence-electron chi connectivity index (χ2n) is 7.53. The largest absolute Gasteiger partial charge is 0.459 e. The molecule has 0 saturated carbocycles. The molecule has 4 aliphatic rings. The molecule has 7 heteroatoms. The lowest BCUT2D eigenvalue weighted by Crippen LogP contribution is -2.45. The first kappa shape index (κ1) is 16.8. The van der Waals surface area contributed by atoms with Gasteiger partial charge in [0.2, 0.25) is 0 Å². The molecule has 0 aromatic heterocycles. The van der Waals surface area contributed by atoms with Gasteiger partial charge in [0.25, 0.3) is 0 Å². The second kappa shape index (κ2) is 5.40. The molecule has 5 unspecified atom stereocenters. The van der Waals surface area contributed by atoms with Crippen LogP contribution in [0.25, 0.3) is 0 Å². The van der Waals surface area contributed by atoms with Crippen LogP contribution in [-0.2, 0) is 23.8 Å². The van der Waals surface area contributed by atoms with Gasteiger partial charge in [-0.15, -0.1) is 0 Å². The number of nitrogens with zero attached hydrogens (tertiary/aromatic N) is 1. The Morgan fingerprint density at radius 3 is 2.76 bits per heavy atom. The van der Waals surface area contributed by atoms with Crippen LogP contribution in [0, 0.1) is 0 Å². The predicted molar refractivity (Wildman–Crippen MR) is 86.6 cm³/mol. The molecule has 0 aliphatic carbocycles. The summed E-state index contributed by atoms with van der Waals surface area (Å²) in [6.07, 6.45) is 2.15. The number of epoxide rings is 1. The summed E-state index contributed by atoms with van der Waals surface area (Å²) >= 11 is 0. The minimum atomic E-state index is -1.88. The first-order valence-electron chi connectivity index (χ1n) is 8.65. The molecule has 0 aromatic carbocycles. The van der Waals surface area contributed by atoms with E-state index in [1.54, 1.807) is 6.92 Å². The third-order valence-corrected chi connectivity index (χ3v) is 5.94. The van der Waals surface area contributed by atoms with Gasteiger partial charge in [0.15, 0.2) is 11.2 Å². The second-order valence-corrected chi connectivity index (χ2v) is 7.53. The molecule has 1 N–H and O–H groups in total.